The molecular formula is C17H33N3O. The topological polar surface area (TPSA) is 44.4 Å². The molecule has 1 saturated heterocycles. The fraction of sp³-hybridized carbons (Fsp3) is 0.941. The van der Waals surface area contributed by atoms with Crippen molar-refractivity contribution in [3.63, 3.8) is 0 Å². The van der Waals surface area contributed by atoms with E-state index < -0.39 is 0 Å². The highest BCUT2D eigenvalue weighted by Crippen LogP contribution is 2.17. The lowest BCUT2D eigenvalue weighted by Gasteiger charge is -2.31. The van der Waals surface area contributed by atoms with Gasteiger partial charge in [-0.15, -0.1) is 0 Å². The van der Waals surface area contributed by atoms with Crippen LogP contribution < -0.4 is 10.6 Å². The Morgan fingerprint density at radius 3 is 2.33 bits per heavy atom. The summed E-state index contributed by atoms with van der Waals surface area (Å²) < 4.78 is 0. The van der Waals surface area contributed by atoms with Gasteiger partial charge in [-0.3, -0.25) is 4.79 Å². The van der Waals surface area contributed by atoms with Gasteiger partial charge >= 0.3 is 0 Å². The van der Waals surface area contributed by atoms with Crippen molar-refractivity contribution >= 4 is 5.91 Å². The molecule has 0 unspecified atom stereocenters. The second-order valence-corrected chi connectivity index (χ2v) is 6.76. The first-order chi connectivity index (χ1) is 10.3. The number of rotatable bonds is 6. The summed E-state index contributed by atoms with van der Waals surface area (Å²) in [6.45, 7) is 7.33. The molecule has 2 fully saturated rings. The van der Waals surface area contributed by atoms with E-state index >= 15 is 0 Å². The molecule has 122 valence electrons. The van der Waals surface area contributed by atoms with Crippen molar-refractivity contribution in [3.05, 3.63) is 0 Å². The summed E-state index contributed by atoms with van der Waals surface area (Å²) in [5, 5.41) is 6.57. The molecule has 0 aromatic carbocycles. The summed E-state index contributed by atoms with van der Waals surface area (Å²) in [7, 11) is 0. The number of carbonyl (C=O) groups excluding carboxylic acids is 1. The minimum absolute atomic E-state index is 0.188. The summed E-state index contributed by atoms with van der Waals surface area (Å²) in [6, 6.07) is 0.426. The molecule has 0 radical (unpaired) electrons. The first-order valence-electron chi connectivity index (χ1n) is 9.00. The molecule has 1 heterocycles. The van der Waals surface area contributed by atoms with Crippen LogP contribution in [0.2, 0.25) is 0 Å². The summed E-state index contributed by atoms with van der Waals surface area (Å²) in [6.07, 6.45) is 10.1. The Kier molecular flexibility index (Phi) is 7.51. The van der Waals surface area contributed by atoms with E-state index in [9.17, 15) is 4.79 Å². The van der Waals surface area contributed by atoms with Crippen LogP contribution in [0.15, 0.2) is 0 Å². The number of hydrogen-bond acceptors (Lipinski definition) is 3. The molecule has 1 amide bonds. The van der Waals surface area contributed by atoms with Gasteiger partial charge in [-0.25, -0.2) is 0 Å². The highest BCUT2D eigenvalue weighted by atomic mass is 16.1. The SMILES string of the molecule is CCN1CCC(CNCC(=O)NC2CCCCCC2)CC1. The molecule has 0 atom stereocenters. The molecule has 0 bridgehead atoms. The van der Waals surface area contributed by atoms with Crippen LogP contribution in [0.1, 0.15) is 58.3 Å². The van der Waals surface area contributed by atoms with Crippen LogP contribution in [0, 0.1) is 5.92 Å². The van der Waals surface area contributed by atoms with E-state index in [1.165, 1.54) is 71.0 Å². The first kappa shape index (κ1) is 16.8. The number of amides is 1. The Hall–Kier alpha value is -0.610. The third-order valence-corrected chi connectivity index (χ3v) is 5.09. The minimum Gasteiger partial charge on any atom is -0.352 e. The van der Waals surface area contributed by atoms with Gasteiger partial charge in [0.25, 0.3) is 0 Å². The fourth-order valence-corrected chi connectivity index (χ4v) is 3.60. The third kappa shape index (κ3) is 6.35. The van der Waals surface area contributed by atoms with Crippen molar-refractivity contribution in [2.24, 2.45) is 5.92 Å². The number of nitrogens with zero attached hydrogens (tertiary/aromatic N) is 1. The van der Waals surface area contributed by atoms with Crippen molar-refractivity contribution < 1.29 is 4.79 Å². The summed E-state index contributed by atoms with van der Waals surface area (Å²) in [5.41, 5.74) is 0. The van der Waals surface area contributed by atoms with E-state index in [1.807, 2.05) is 0 Å². The van der Waals surface area contributed by atoms with Crippen molar-refractivity contribution in [1.29, 1.82) is 0 Å². The average Bonchev–Trinajstić information content (AvgIpc) is 2.76. The van der Waals surface area contributed by atoms with E-state index in [0.29, 0.717) is 12.6 Å². The Morgan fingerprint density at radius 2 is 1.71 bits per heavy atom. The number of piperidine rings is 1. The highest BCUT2D eigenvalue weighted by molar-refractivity contribution is 5.78. The summed E-state index contributed by atoms with van der Waals surface area (Å²) in [4.78, 5) is 14.5. The van der Waals surface area contributed by atoms with E-state index in [0.717, 1.165) is 12.5 Å². The lowest BCUT2D eigenvalue weighted by atomic mass is 9.97. The van der Waals surface area contributed by atoms with Gasteiger partial charge < -0.3 is 15.5 Å². The van der Waals surface area contributed by atoms with Gasteiger partial charge in [-0.1, -0.05) is 32.6 Å². The number of likely N-dealkylation sites (tertiary alicyclic amines) is 1. The number of nitrogens with one attached hydrogen (secondary N) is 2. The molecule has 4 heteroatoms. The van der Waals surface area contributed by atoms with Crippen LogP contribution in [-0.4, -0.2) is 49.6 Å². The molecule has 1 aliphatic carbocycles. The quantitative estimate of drug-likeness (QED) is 0.738. The van der Waals surface area contributed by atoms with Gasteiger partial charge in [0, 0.05) is 6.04 Å². The summed E-state index contributed by atoms with van der Waals surface area (Å²) >= 11 is 0. The average molecular weight is 295 g/mol. The Labute approximate surface area is 130 Å². The Balaban J connectivity index is 1.54. The molecule has 1 saturated carbocycles. The zero-order valence-corrected chi connectivity index (χ0v) is 13.7. The van der Waals surface area contributed by atoms with Gasteiger partial charge in [0.1, 0.15) is 0 Å². The van der Waals surface area contributed by atoms with Crippen molar-refractivity contribution in [2.75, 3.05) is 32.7 Å². The van der Waals surface area contributed by atoms with Crippen LogP contribution in [0.3, 0.4) is 0 Å². The molecule has 0 aromatic rings. The largest absolute Gasteiger partial charge is 0.352 e. The lowest BCUT2D eigenvalue weighted by molar-refractivity contribution is -0.121. The second kappa shape index (κ2) is 9.42. The monoisotopic (exact) mass is 295 g/mol. The molecule has 0 aromatic heterocycles. The predicted molar refractivity (Wildman–Crippen MR) is 87.3 cm³/mol. The molecule has 2 N–H and O–H groups in total. The van der Waals surface area contributed by atoms with Crippen molar-refractivity contribution in [1.82, 2.24) is 15.5 Å². The fourth-order valence-electron chi connectivity index (χ4n) is 3.60. The van der Waals surface area contributed by atoms with Crippen LogP contribution in [-0.2, 0) is 4.79 Å². The van der Waals surface area contributed by atoms with Crippen molar-refractivity contribution in [2.45, 2.75) is 64.3 Å². The van der Waals surface area contributed by atoms with Crippen LogP contribution >= 0.6 is 0 Å². The molecule has 2 rings (SSSR count). The van der Waals surface area contributed by atoms with E-state index in [2.05, 4.69) is 22.5 Å². The smallest absolute Gasteiger partial charge is 0.234 e. The van der Waals surface area contributed by atoms with E-state index in [-0.39, 0.29) is 5.91 Å². The van der Waals surface area contributed by atoms with Gasteiger partial charge in [0.15, 0.2) is 0 Å². The first-order valence-corrected chi connectivity index (χ1v) is 9.00. The standard InChI is InChI=1S/C17H33N3O/c1-2-20-11-9-15(10-12-20)13-18-14-17(21)19-16-7-5-3-4-6-8-16/h15-16,18H,2-14H2,1H3,(H,19,21). The van der Waals surface area contributed by atoms with Gasteiger partial charge in [0.2, 0.25) is 5.91 Å². The summed E-state index contributed by atoms with van der Waals surface area (Å²) in [5.74, 6) is 0.936. The Bertz CT molecular complexity index is 292. The molecule has 4 nitrogen and oxygen atoms in total. The van der Waals surface area contributed by atoms with E-state index in [4.69, 9.17) is 0 Å². The van der Waals surface area contributed by atoms with E-state index in [1.54, 1.807) is 0 Å². The van der Waals surface area contributed by atoms with Gasteiger partial charge in [0.05, 0.1) is 6.54 Å². The molecule has 21 heavy (non-hydrogen) atoms. The zero-order valence-electron chi connectivity index (χ0n) is 13.7. The molecule has 1 aliphatic heterocycles. The number of hydrogen-bond donors (Lipinski definition) is 2. The van der Waals surface area contributed by atoms with Crippen LogP contribution in [0.25, 0.3) is 0 Å². The van der Waals surface area contributed by atoms with Gasteiger partial charge in [-0.2, -0.15) is 0 Å². The Morgan fingerprint density at radius 1 is 1.05 bits per heavy atom. The molecule has 2 aliphatic rings. The maximum absolute atomic E-state index is 12.0. The van der Waals surface area contributed by atoms with Crippen molar-refractivity contribution in [3.8, 4) is 0 Å². The minimum atomic E-state index is 0.188. The zero-order chi connectivity index (χ0) is 14.9. The maximum atomic E-state index is 12.0. The second-order valence-electron chi connectivity index (χ2n) is 6.76. The molecule has 0 spiro atoms. The van der Waals surface area contributed by atoms with Crippen LogP contribution in [0.4, 0.5) is 0 Å². The highest BCUT2D eigenvalue weighted by Gasteiger charge is 2.18. The maximum Gasteiger partial charge on any atom is 0.234 e. The third-order valence-electron chi connectivity index (χ3n) is 5.09. The lowest BCUT2D eigenvalue weighted by Crippen LogP contribution is -2.42. The number of carbonyl (C=O) groups is 1. The van der Waals surface area contributed by atoms with Crippen LogP contribution in [0.5, 0.6) is 0 Å². The predicted octanol–water partition coefficient (Wildman–Crippen LogP) is 2.15. The van der Waals surface area contributed by atoms with Gasteiger partial charge in [-0.05, 0) is 57.8 Å². The molecular weight excluding hydrogens is 262 g/mol. The normalized spacial score (nSPS) is 22.9.